The first-order chi connectivity index (χ1) is 13.0. The third-order valence-electron chi connectivity index (χ3n) is 3.88. The van der Waals surface area contributed by atoms with E-state index >= 15 is 0 Å². The Morgan fingerprint density at radius 2 is 2.15 bits per heavy atom. The first kappa shape index (κ1) is 18.3. The highest BCUT2D eigenvalue weighted by Crippen LogP contribution is 2.14. The van der Waals surface area contributed by atoms with Gasteiger partial charge in [-0.05, 0) is 25.1 Å². The van der Waals surface area contributed by atoms with Gasteiger partial charge < -0.3 is 9.30 Å². The number of allylic oxidation sites excluding steroid dienone is 1. The summed E-state index contributed by atoms with van der Waals surface area (Å²) in [6.45, 7) is 5.13. The summed E-state index contributed by atoms with van der Waals surface area (Å²) < 4.78 is 22.0. The van der Waals surface area contributed by atoms with Crippen molar-refractivity contribution >= 4 is 17.1 Å². The summed E-state index contributed by atoms with van der Waals surface area (Å²) in [6.07, 6.45) is 2.67. The average Bonchev–Trinajstić information content (AvgIpc) is 3.02. The van der Waals surface area contributed by atoms with Gasteiger partial charge in [-0.15, -0.1) is 6.58 Å². The van der Waals surface area contributed by atoms with Crippen molar-refractivity contribution in [3.05, 3.63) is 69.9 Å². The lowest BCUT2D eigenvalue weighted by atomic mass is 10.3. The second-order valence-corrected chi connectivity index (χ2v) is 5.65. The lowest BCUT2D eigenvalue weighted by Gasteiger charge is -2.11. The predicted molar refractivity (Wildman–Crippen MR) is 96.4 cm³/mol. The van der Waals surface area contributed by atoms with Crippen molar-refractivity contribution in [2.24, 2.45) is 0 Å². The Balaban J connectivity index is 2.34. The molecule has 2 aromatic heterocycles. The molecule has 0 radical (unpaired) electrons. The SMILES string of the molecule is C=CCn1c(=O)c2c(ncn2CC(=O)OCC)n(-c2cccc(F)c2)c1=O. The molecule has 140 valence electrons. The third-order valence-corrected chi connectivity index (χ3v) is 3.88. The summed E-state index contributed by atoms with van der Waals surface area (Å²) in [5, 5.41) is 0. The van der Waals surface area contributed by atoms with Gasteiger partial charge in [0.05, 0.1) is 18.6 Å². The minimum Gasteiger partial charge on any atom is -0.465 e. The summed E-state index contributed by atoms with van der Waals surface area (Å²) in [7, 11) is 0. The van der Waals surface area contributed by atoms with Crippen molar-refractivity contribution in [2.45, 2.75) is 20.0 Å². The van der Waals surface area contributed by atoms with Crippen LogP contribution < -0.4 is 11.2 Å². The zero-order valence-corrected chi connectivity index (χ0v) is 14.6. The van der Waals surface area contributed by atoms with Gasteiger partial charge in [0.15, 0.2) is 11.2 Å². The van der Waals surface area contributed by atoms with E-state index in [0.717, 1.165) is 15.2 Å². The number of nitrogens with zero attached hydrogens (tertiary/aromatic N) is 4. The van der Waals surface area contributed by atoms with E-state index in [1.54, 1.807) is 6.92 Å². The van der Waals surface area contributed by atoms with Crippen LogP contribution in [0.25, 0.3) is 16.9 Å². The molecule has 0 unspecified atom stereocenters. The standard InChI is InChI=1S/C18H17FN4O4/c1-3-8-22-17(25)15-16(20-11-21(15)10-14(24)27-4-2)23(18(22)26)13-7-5-6-12(19)9-13/h3,5-7,9,11H,1,4,8,10H2,2H3. The molecule has 3 rings (SSSR count). The number of hydrogen-bond donors (Lipinski definition) is 0. The molecular formula is C18H17FN4O4. The van der Waals surface area contributed by atoms with Gasteiger partial charge >= 0.3 is 11.7 Å². The largest absolute Gasteiger partial charge is 0.465 e. The van der Waals surface area contributed by atoms with Gasteiger partial charge in [0.1, 0.15) is 12.4 Å². The number of hydrogen-bond acceptors (Lipinski definition) is 5. The highest BCUT2D eigenvalue weighted by atomic mass is 19.1. The van der Waals surface area contributed by atoms with E-state index in [2.05, 4.69) is 11.6 Å². The molecule has 0 saturated carbocycles. The van der Waals surface area contributed by atoms with Gasteiger partial charge in [-0.3, -0.25) is 14.2 Å². The fraction of sp³-hybridized carbons (Fsp3) is 0.222. The molecule has 0 bridgehead atoms. The molecule has 1 aromatic carbocycles. The Bertz CT molecular complexity index is 1140. The molecule has 0 aliphatic carbocycles. The van der Waals surface area contributed by atoms with Crippen LogP contribution in [0.4, 0.5) is 4.39 Å². The molecule has 3 aromatic rings. The Morgan fingerprint density at radius 3 is 2.81 bits per heavy atom. The number of rotatable bonds is 6. The molecule has 0 fully saturated rings. The van der Waals surface area contributed by atoms with Crippen molar-refractivity contribution in [3.8, 4) is 5.69 Å². The summed E-state index contributed by atoms with van der Waals surface area (Å²) in [5.41, 5.74) is -1.03. The van der Waals surface area contributed by atoms with E-state index in [4.69, 9.17) is 4.74 Å². The second kappa shape index (κ2) is 7.40. The molecular weight excluding hydrogens is 355 g/mol. The van der Waals surface area contributed by atoms with Crippen molar-refractivity contribution < 1.29 is 13.9 Å². The Kier molecular flexibility index (Phi) is 5.02. The maximum Gasteiger partial charge on any atom is 0.337 e. The van der Waals surface area contributed by atoms with Crippen molar-refractivity contribution in [3.63, 3.8) is 0 Å². The monoisotopic (exact) mass is 372 g/mol. The van der Waals surface area contributed by atoms with Crippen LogP contribution in [0, 0.1) is 5.82 Å². The molecule has 0 amide bonds. The molecule has 27 heavy (non-hydrogen) atoms. The number of carbonyl (C=O) groups excluding carboxylic acids is 1. The topological polar surface area (TPSA) is 88.1 Å². The number of aromatic nitrogens is 4. The number of ether oxygens (including phenoxy) is 1. The number of fused-ring (bicyclic) bond motifs is 1. The van der Waals surface area contributed by atoms with E-state index in [-0.39, 0.29) is 36.5 Å². The summed E-state index contributed by atoms with van der Waals surface area (Å²) in [5.74, 6) is -1.09. The molecule has 0 aliphatic rings. The summed E-state index contributed by atoms with van der Waals surface area (Å²) >= 11 is 0. The van der Waals surface area contributed by atoms with Crippen LogP contribution in [-0.2, 0) is 22.6 Å². The normalized spacial score (nSPS) is 10.9. The maximum absolute atomic E-state index is 13.7. The quantitative estimate of drug-likeness (QED) is 0.480. The second-order valence-electron chi connectivity index (χ2n) is 5.65. The first-order valence-corrected chi connectivity index (χ1v) is 8.21. The fourth-order valence-electron chi connectivity index (χ4n) is 2.78. The minimum absolute atomic E-state index is 0.0280. The summed E-state index contributed by atoms with van der Waals surface area (Å²) in [4.78, 5) is 41.6. The van der Waals surface area contributed by atoms with Crippen LogP contribution in [0.3, 0.4) is 0 Å². The van der Waals surface area contributed by atoms with E-state index in [1.807, 2.05) is 0 Å². The molecule has 2 heterocycles. The number of benzene rings is 1. The Labute approximate surface area is 152 Å². The van der Waals surface area contributed by atoms with Crippen LogP contribution >= 0.6 is 0 Å². The highest BCUT2D eigenvalue weighted by molar-refractivity contribution is 5.76. The summed E-state index contributed by atoms with van der Waals surface area (Å²) in [6, 6.07) is 5.37. The molecule has 0 spiro atoms. The van der Waals surface area contributed by atoms with Crippen molar-refractivity contribution in [1.82, 2.24) is 18.7 Å². The van der Waals surface area contributed by atoms with Gasteiger partial charge in [0.25, 0.3) is 5.56 Å². The van der Waals surface area contributed by atoms with Crippen LogP contribution in [0.15, 0.2) is 52.8 Å². The molecule has 0 N–H and O–H groups in total. The predicted octanol–water partition coefficient (Wildman–Crippen LogP) is 1.24. The Hall–Kier alpha value is -3.49. The maximum atomic E-state index is 13.7. The number of halogens is 1. The van der Waals surface area contributed by atoms with Crippen LogP contribution in [0.2, 0.25) is 0 Å². The highest BCUT2D eigenvalue weighted by Gasteiger charge is 2.20. The first-order valence-electron chi connectivity index (χ1n) is 8.21. The van der Waals surface area contributed by atoms with E-state index in [0.29, 0.717) is 0 Å². The molecule has 0 saturated heterocycles. The smallest absolute Gasteiger partial charge is 0.337 e. The average molecular weight is 372 g/mol. The van der Waals surface area contributed by atoms with Gasteiger partial charge in [-0.2, -0.15) is 0 Å². The Morgan fingerprint density at radius 1 is 1.37 bits per heavy atom. The van der Waals surface area contributed by atoms with Crippen LogP contribution in [0.5, 0.6) is 0 Å². The van der Waals surface area contributed by atoms with Crippen molar-refractivity contribution in [2.75, 3.05) is 6.61 Å². The molecule has 0 atom stereocenters. The van der Waals surface area contributed by atoms with E-state index < -0.39 is 23.0 Å². The van der Waals surface area contributed by atoms with Crippen molar-refractivity contribution in [1.29, 1.82) is 0 Å². The van der Waals surface area contributed by atoms with Gasteiger partial charge in [-0.1, -0.05) is 12.1 Å². The van der Waals surface area contributed by atoms with Crippen LogP contribution in [0.1, 0.15) is 6.92 Å². The van der Waals surface area contributed by atoms with Gasteiger partial charge in [0, 0.05) is 6.54 Å². The zero-order chi connectivity index (χ0) is 19.6. The fourth-order valence-corrected chi connectivity index (χ4v) is 2.78. The lowest BCUT2D eigenvalue weighted by Crippen LogP contribution is -2.40. The van der Waals surface area contributed by atoms with Gasteiger partial charge in [0.2, 0.25) is 0 Å². The van der Waals surface area contributed by atoms with E-state index in [1.165, 1.54) is 35.2 Å². The number of carbonyl (C=O) groups is 1. The number of esters is 1. The van der Waals surface area contributed by atoms with E-state index in [9.17, 15) is 18.8 Å². The van der Waals surface area contributed by atoms with Gasteiger partial charge in [-0.25, -0.2) is 18.7 Å². The number of imidazole rings is 1. The molecule has 8 nitrogen and oxygen atoms in total. The third kappa shape index (κ3) is 3.31. The van der Waals surface area contributed by atoms with Crippen LogP contribution in [-0.4, -0.2) is 31.3 Å². The zero-order valence-electron chi connectivity index (χ0n) is 14.6. The molecule has 9 heteroatoms. The minimum atomic E-state index is -0.681. The molecule has 0 aliphatic heterocycles. The lowest BCUT2D eigenvalue weighted by molar-refractivity contribution is -0.143.